The summed E-state index contributed by atoms with van der Waals surface area (Å²) >= 11 is 0. The molecule has 0 aliphatic carbocycles. The summed E-state index contributed by atoms with van der Waals surface area (Å²) in [6.45, 7) is 6.58. The molecule has 1 aliphatic rings. The lowest BCUT2D eigenvalue weighted by atomic mass is 10.0. The largest absolute Gasteiger partial charge is 0.393 e. The van der Waals surface area contributed by atoms with Crippen molar-refractivity contribution in [3.8, 4) is 0 Å². The van der Waals surface area contributed by atoms with Crippen molar-refractivity contribution < 1.29 is 9.90 Å². The van der Waals surface area contributed by atoms with Crippen molar-refractivity contribution in [1.82, 2.24) is 5.32 Å². The minimum Gasteiger partial charge on any atom is -0.393 e. The second-order valence-corrected chi connectivity index (χ2v) is 6.58. The van der Waals surface area contributed by atoms with E-state index >= 15 is 0 Å². The van der Waals surface area contributed by atoms with Crippen molar-refractivity contribution in [2.75, 3.05) is 29.9 Å². The number of urea groups is 1. The first-order valence-electron chi connectivity index (χ1n) is 8.64. The SMILES string of the molecule is CC(C)C(O)CCNC(=O)Nc1cccc(N2CCCCC2)c1. The van der Waals surface area contributed by atoms with Crippen LogP contribution in [0.15, 0.2) is 24.3 Å². The molecule has 1 aliphatic heterocycles. The van der Waals surface area contributed by atoms with Gasteiger partial charge in [0, 0.05) is 31.0 Å². The molecule has 1 saturated heterocycles. The summed E-state index contributed by atoms with van der Waals surface area (Å²) in [5.74, 6) is 0.209. The maximum Gasteiger partial charge on any atom is 0.319 e. The molecule has 1 heterocycles. The zero-order valence-electron chi connectivity index (χ0n) is 14.2. The van der Waals surface area contributed by atoms with Crippen molar-refractivity contribution in [2.45, 2.75) is 45.6 Å². The first-order chi connectivity index (χ1) is 11.1. The van der Waals surface area contributed by atoms with E-state index in [1.54, 1.807) is 0 Å². The smallest absolute Gasteiger partial charge is 0.319 e. The van der Waals surface area contributed by atoms with Gasteiger partial charge in [-0.05, 0) is 49.8 Å². The van der Waals surface area contributed by atoms with Gasteiger partial charge in [-0.15, -0.1) is 0 Å². The number of aliphatic hydroxyl groups excluding tert-OH is 1. The second-order valence-electron chi connectivity index (χ2n) is 6.58. The van der Waals surface area contributed by atoms with Crippen molar-refractivity contribution in [3.05, 3.63) is 24.3 Å². The van der Waals surface area contributed by atoms with Crippen LogP contribution < -0.4 is 15.5 Å². The molecule has 1 fully saturated rings. The third-order valence-electron chi connectivity index (χ3n) is 4.32. The zero-order chi connectivity index (χ0) is 16.7. The molecule has 0 aromatic heterocycles. The summed E-state index contributed by atoms with van der Waals surface area (Å²) in [4.78, 5) is 14.3. The molecule has 1 atom stereocenters. The molecule has 23 heavy (non-hydrogen) atoms. The Bertz CT molecular complexity index is 499. The van der Waals surface area contributed by atoms with Gasteiger partial charge in [0.05, 0.1) is 6.10 Å². The fourth-order valence-corrected chi connectivity index (χ4v) is 2.77. The second kappa shape index (κ2) is 8.77. The Balaban J connectivity index is 1.81. The number of piperidine rings is 1. The summed E-state index contributed by atoms with van der Waals surface area (Å²) in [5.41, 5.74) is 1.97. The van der Waals surface area contributed by atoms with Crippen LogP contribution in [0.3, 0.4) is 0 Å². The van der Waals surface area contributed by atoms with Crippen LogP contribution in [0.4, 0.5) is 16.2 Å². The molecule has 2 amide bonds. The topological polar surface area (TPSA) is 64.6 Å². The number of aliphatic hydroxyl groups is 1. The quantitative estimate of drug-likeness (QED) is 0.754. The minimum atomic E-state index is -0.377. The number of benzene rings is 1. The molecule has 5 nitrogen and oxygen atoms in total. The average Bonchev–Trinajstić information content (AvgIpc) is 2.55. The van der Waals surface area contributed by atoms with Crippen LogP contribution in [-0.4, -0.2) is 36.9 Å². The minimum absolute atomic E-state index is 0.209. The molecule has 1 aromatic carbocycles. The maximum atomic E-state index is 11.9. The molecule has 3 N–H and O–H groups in total. The highest BCUT2D eigenvalue weighted by Crippen LogP contribution is 2.22. The van der Waals surface area contributed by atoms with E-state index in [-0.39, 0.29) is 18.1 Å². The molecule has 1 unspecified atom stereocenters. The van der Waals surface area contributed by atoms with E-state index in [2.05, 4.69) is 21.6 Å². The van der Waals surface area contributed by atoms with Gasteiger partial charge in [-0.1, -0.05) is 19.9 Å². The Kier molecular flexibility index (Phi) is 6.71. The van der Waals surface area contributed by atoms with Crippen LogP contribution in [0.2, 0.25) is 0 Å². The van der Waals surface area contributed by atoms with Crippen LogP contribution in [0.5, 0.6) is 0 Å². The molecule has 1 aromatic rings. The molecule has 0 spiro atoms. The first kappa shape index (κ1) is 17.6. The van der Waals surface area contributed by atoms with Gasteiger partial charge in [-0.2, -0.15) is 0 Å². The Hall–Kier alpha value is -1.75. The Morgan fingerprint density at radius 3 is 2.70 bits per heavy atom. The predicted molar refractivity (Wildman–Crippen MR) is 95.0 cm³/mol. The van der Waals surface area contributed by atoms with Gasteiger partial charge in [-0.25, -0.2) is 4.79 Å². The summed E-state index contributed by atoms with van der Waals surface area (Å²) in [5, 5.41) is 15.4. The average molecular weight is 319 g/mol. The molecular weight excluding hydrogens is 290 g/mol. The molecule has 5 heteroatoms. The van der Waals surface area contributed by atoms with Gasteiger partial charge in [-0.3, -0.25) is 0 Å². The monoisotopic (exact) mass is 319 g/mol. The van der Waals surface area contributed by atoms with Crippen molar-refractivity contribution >= 4 is 17.4 Å². The molecular formula is C18H29N3O2. The van der Waals surface area contributed by atoms with Gasteiger partial charge < -0.3 is 20.6 Å². The van der Waals surface area contributed by atoms with E-state index in [9.17, 15) is 9.90 Å². The molecule has 2 rings (SSSR count). The molecule has 128 valence electrons. The number of amides is 2. The Labute approximate surface area is 139 Å². The zero-order valence-corrected chi connectivity index (χ0v) is 14.2. The number of hydrogen-bond donors (Lipinski definition) is 3. The van der Waals surface area contributed by atoms with Crippen LogP contribution in [0.1, 0.15) is 39.5 Å². The molecule has 0 bridgehead atoms. The third-order valence-corrected chi connectivity index (χ3v) is 4.32. The first-order valence-corrected chi connectivity index (χ1v) is 8.64. The summed E-state index contributed by atoms with van der Waals surface area (Å²) < 4.78 is 0. The van der Waals surface area contributed by atoms with Crippen molar-refractivity contribution in [1.29, 1.82) is 0 Å². The number of hydrogen-bond acceptors (Lipinski definition) is 3. The van der Waals surface area contributed by atoms with E-state index in [1.807, 2.05) is 32.0 Å². The Morgan fingerprint density at radius 2 is 2.00 bits per heavy atom. The lowest BCUT2D eigenvalue weighted by molar-refractivity contribution is 0.117. The van der Waals surface area contributed by atoms with Crippen LogP contribution in [0, 0.1) is 5.92 Å². The number of carbonyl (C=O) groups excluding carboxylic acids is 1. The fourth-order valence-electron chi connectivity index (χ4n) is 2.77. The van der Waals surface area contributed by atoms with Gasteiger partial charge in [0.15, 0.2) is 0 Å². The highest BCUT2D eigenvalue weighted by Gasteiger charge is 2.12. The molecule has 0 radical (unpaired) electrons. The van der Waals surface area contributed by atoms with Crippen LogP contribution >= 0.6 is 0 Å². The summed E-state index contributed by atoms with van der Waals surface area (Å²) in [7, 11) is 0. The van der Waals surface area contributed by atoms with Crippen LogP contribution in [0.25, 0.3) is 0 Å². The van der Waals surface area contributed by atoms with Gasteiger partial charge >= 0.3 is 6.03 Å². The lowest BCUT2D eigenvalue weighted by Gasteiger charge is -2.29. The lowest BCUT2D eigenvalue weighted by Crippen LogP contribution is -2.32. The molecule has 0 saturated carbocycles. The van der Waals surface area contributed by atoms with Gasteiger partial charge in [0.2, 0.25) is 0 Å². The van der Waals surface area contributed by atoms with Crippen molar-refractivity contribution in [2.24, 2.45) is 5.92 Å². The van der Waals surface area contributed by atoms with Crippen molar-refractivity contribution in [3.63, 3.8) is 0 Å². The van der Waals surface area contributed by atoms with Gasteiger partial charge in [0.1, 0.15) is 0 Å². The highest BCUT2D eigenvalue weighted by molar-refractivity contribution is 5.89. The Morgan fingerprint density at radius 1 is 1.26 bits per heavy atom. The fraction of sp³-hybridized carbons (Fsp3) is 0.611. The number of nitrogens with zero attached hydrogens (tertiary/aromatic N) is 1. The van der Waals surface area contributed by atoms with Gasteiger partial charge in [0.25, 0.3) is 0 Å². The number of anilines is 2. The number of rotatable bonds is 6. The summed E-state index contributed by atoms with van der Waals surface area (Å²) in [6.07, 6.45) is 3.96. The normalized spacial score (nSPS) is 16.3. The van der Waals surface area contributed by atoms with Crippen LogP contribution in [-0.2, 0) is 0 Å². The van der Waals surface area contributed by atoms with E-state index in [1.165, 1.54) is 19.3 Å². The number of nitrogens with one attached hydrogen (secondary N) is 2. The standard InChI is InChI=1S/C18H29N3O2/c1-14(2)17(22)9-10-19-18(23)20-15-7-6-8-16(13-15)21-11-4-3-5-12-21/h6-8,13-14,17,22H,3-5,9-12H2,1-2H3,(H2,19,20,23). The predicted octanol–water partition coefficient (Wildman–Crippen LogP) is 3.21. The summed E-state index contributed by atoms with van der Waals surface area (Å²) in [6, 6.07) is 7.76. The van der Waals surface area contributed by atoms with E-state index in [4.69, 9.17) is 0 Å². The maximum absolute atomic E-state index is 11.9. The van der Waals surface area contributed by atoms with E-state index < -0.39 is 0 Å². The van der Waals surface area contributed by atoms with E-state index in [0.717, 1.165) is 24.5 Å². The third kappa shape index (κ3) is 5.75. The van der Waals surface area contributed by atoms with E-state index in [0.29, 0.717) is 13.0 Å². The number of carbonyl (C=O) groups is 1. The highest BCUT2D eigenvalue weighted by atomic mass is 16.3.